The summed E-state index contributed by atoms with van der Waals surface area (Å²) in [5, 5.41) is 6.62. The van der Waals surface area contributed by atoms with Crippen molar-refractivity contribution < 1.29 is 55.3 Å². The number of aromatic nitrogens is 3. The highest BCUT2D eigenvalue weighted by Gasteiger charge is 2.65. The number of urea groups is 1. The number of hydroxylamine groups is 2. The lowest BCUT2D eigenvalue weighted by Gasteiger charge is -2.38. The molecule has 20 heteroatoms. The predicted molar refractivity (Wildman–Crippen MR) is 175 cm³/mol. The minimum absolute atomic E-state index is 0.0283. The Morgan fingerprint density at radius 2 is 1.75 bits per heavy atom. The number of amides is 4. The van der Waals surface area contributed by atoms with Gasteiger partial charge in [-0.25, -0.2) is 27.9 Å². The number of carbonyl (C=O) groups is 4. The zero-order chi connectivity index (χ0) is 38.7. The molecular formula is C33H36F5N7O7S. The van der Waals surface area contributed by atoms with E-state index in [2.05, 4.69) is 20.1 Å². The number of imidazole rings is 1. The molecule has 4 atom stereocenters. The fourth-order valence-corrected chi connectivity index (χ4v) is 7.13. The molecule has 3 aliphatic rings. The van der Waals surface area contributed by atoms with Crippen molar-refractivity contribution in [1.82, 2.24) is 34.6 Å². The summed E-state index contributed by atoms with van der Waals surface area (Å²) < 4.78 is 93.8. The molecule has 14 nitrogen and oxygen atoms in total. The summed E-state index contributed by atoms with van der Waals surface area (Å²) in [6, 6.07) is 3.64. The lowest BCUT2D eigenvalue weighted by atomic mass is 9.85. The van der Waals surface area contributed by atoms with Gasteiger partial charge in [0.1, 0.15) is 10.8 Å². The lowest BCUT2D eigenvalue weighted by molar-refractivity contribution is -0.199. The van der Waals surface area contributed by atoms with Crippen LogP contribution in [-0.4, -0.2) is 96.6 Å². The van der Waals surface area contributed by atoms with Crippen molar-refractivity contribution in [3.8, 4) is 0 Å². The number of ether oxygens (including phenoxy) is 1. The summed E-state index contributed by atoms with van der Waals surface area (Å²) in [6.45, 7) is 2.79. The Balaban J connectivity index is 1.40. The number of halogens is 5. The Morgan fingerprint density at radius 3 is 2.32 bits per heavy atom. The van der Waals surface area contributed by atoms with Gasteiger partial charge in [-0.1, -0.05) is 17.2 Å². The quantitative estimate of drug-likeness (QED) is 0.154. The molecule has 4 amide bonds. The highest BCUT2D eigenvalue weighted by Crippen LogP contribution is 2.62. The Bertz CT molecular complexity index is 1900. The molecule has 0 radical (unpaired) electrons. The van der Waals surface area contributed by atoms with Gasteiger partial charge in [-0.3, -0.25) is 9.59 Å². The fourth-order valence-electron chi connectivity index (χ4n) is 6.26. The van der Waals surface area contributed by atoms with Crippen LogP contribution in [0.2, 0.25) is 0 Å². The maximum Gasteiger partial charge on any atom is 0.394 e. The van der Waals surface area contributed by atoms with E-state index in [1.807, 2.05) is 0 Å². The van der Waals surface area contributed by atoms with E-state index in [1.54, 1.807) is 20.8 Å². The zero-order valence-corrected chi connectivity index (χ0v) is 29.7. The third kappa shape index (κ3) is 7.54. The van der Waals surface area contributed by atoms with E-state index in [9.17, 15) is 45.7 Å². The summed E-state index contributed by atoms with van der Waals surface area (Å²) >= 11 is -2.03. The first-order valence-electron chi connectivity index (χ1n) is 16.5. The van der Waals surface area contributed by atoms with E-state index in [4.69, 9.17) is 9.57 Å². The summed E-state index contributed by atoms with van der Waals surface area (Å²) in [7, 11) is 1.31. The first-order valence-corrected chi connectivity index (χ1v) is 17.6. The van der Waals surface area contributed by atoms with Crippen molar-refractivity contribution in [3.05, 3.63) is 65.1 Å². The molecule has 0 bridgehead atoms. The molecule has 0 spiro atoms. The van der Waals surface area contributed by atoms with Crippen LogP contribution in [0.3, 0.4) is 0 Å². The molecule has 3 aromatic rings. The molecule has 1 aromatic carbocycles. The number of rotatable bonds is 12. The summed E-state index contributed by atoms with van der Waals surface area (Å²) in [4.78, 5) is 63.6. The van der Waals surface area contributed by atoms with Crippen molar-refractivity contribution in [3.63, 3.8) is 0 Å². The maximum atomic E-state index is 14.5. The van der Waals surface area contributed by atoms with Gasteiger partial charge in [-0.2, -0.15) is 18.3 Å². The van der Waals surface area contributed by atoms with Crippen molar-refractivity contribution in [1.29, 1.82) is 0 Å². The minimum Gasteiger partial charge on any atom is -0.598 e. The number of hydrogen-bond acceptors (Lipinski definition) is 10. The van der Waals surface area contributed by atoms with Crippen LogP contribution in [0.1, 0.15) is 84.1 Å². The molecule has 1 saturated heterocycles. The predicted octanol–water partition coefficient (Wildman–Crippen LogP) is 4.27. The second kappa shape index (κ2) is 13.8. The van der Waals surface area contributed by atoms with Crippen LogP contribution < -0.4 is 10.0 Å². The van der Waals surface area contributed by atoms with Crippen molar-refractivity contribution in [2.24, 2.45) is 11.3 Å². The number of methoxy groups -OCH3 is 1. The Hall–Kier alpha value is -4.40. The SMILES string of the molecule is COC[C@@H](c1cnn2cc([C@@H](N[S+]([O-])C(C)(C)C)[C@H](CC3(C(F)(F)F)CC3)C(=O)ON3C(=O)c4ccccc4C3=O)nc2c1)N1CC(F)(F)CNC1=O. The summed E-state index contributed by atoms with van der Waals surface area (Å²) in [6.07, 6.45) is -3.71. The second-order valence-corrected chi connectivity index (χ2v) is 16.3. The number of nitrogens with zero attached hydrogens (tertiary/aromatic N) is 5. The maximum absolute atomic E-state index is 14.5. The normalized spacial score (nSPS) is 20.5. The average molecular weight is 770 g/mol. The van der Waals surface area contributed by atoms with Crippen molar-refractivity contribution >= 4 is 40.8 Å². The number of fused-ring (bicyclic) bond motifs is 2. The number of hydrogen-bond donors (Lipinski definition) is 2. The van der Waals surface area contributed by atoms with E-state index < -0.39 is 94.9 Å². The van der Waals surface area contributed by atoms with E-state index in [1.165, 1.54) is 54.4 Å². The fraction of sp³-hybridized carbons (Fsp3) is 0.515. The second-order valence-electron chi connectivity index (χ2n) is 14.3. The lowest BCUT2D eigenvalue weighted by Crippen LogP contribution is -2.58. The molecule has 1 unspecified atom stereocenters. The molecule has 2 aromatic heterocycles. The van der Waals surface area contributed by atoms with Gasteiger partial charge in [0.15, 0.2) is 5.65 Å². The molecule has 2 fully saturated rings. The van der Waals surface area contributed by atoms with Gasteiger partial charge in [0, 0.05) is 24.0 Å². The van der Waals surface area contributed by atoms with Gasteiger partial charge in [0.05, 0.1) is 66.3 Å². The first kappa shape index (κ1) is 38.3. The van der Waals surface area contributed by atoms with Gasteiger partial charge in [-0.15, -0.1) is 4.72 Å². The van der Waals surface area contributed by atoms with Crippen LogP contribution in [-0.2, 0) is 25.7 Å². The van der Waals surface area contributed by atoms with Crippen LogP contribution in [0.15, 0.2) is 42.7 Å². The molecule has 1 saturated carbocycles. The van der Waals surface area contributed by atoms with Gasteiger partial charge < -0.3 is 24.3 Å². The van der Waals surface area contributed by atoms with Gasteiger partial charge in [0.2, 0.25) is 0 Å². The smallest absolute Gasteiger partial charge is 0.394 e. The Morgan fingerprint density at radius 1 is 1.11 bits per heavy atom. The molecule has 4 heterocycles. The van der Waals surface area contributed by atoms with Crippen LogP contribution in [0.5, 0.6) is 0 Å². The largest absolute Gasteiger partial charge is 0.598 e. The van der Waals surface area contributed by atoms with Crippen LogP contribution in [0.25, 0.3) is 5.65 Å². The summed E-state index contributed by atoms with van der Waals surface area (Å²) in [5.74, 6) is -8.44. The molecular weight excluding hydrogens is 733 g/mol. The van der Waals surface area contributed by atoms with Crippen LogP contribution in [0, 0.1) is 11.3 Å². The molecule has 286 valence electrons. The zero-order valence-electron chi connectivity index (χ0n) is 28.9. The van der Waals surface area contributed by atoms with Gasteiger partial charge in [-0.05, 0) is 58.2 Å². The molecule has 53 heavy (non-hydrogen) atoms. The molecule has 6 rings (SSSR count). The number of nitrogens with one attached hydrogen (secondary N) is 2. The van der Waals surface area contributed by atoms with Crippen LogP contribution >= 0.6 is 0 Å². The number of carbonyl (C=O) groups excluding carboxylic acids is 4. The average Bonchev–Trinajstić information content (AvgIpc) is 3.72. The number of imide groups is 1. The molecule has 1 aliphatic carbocycles. The molecule has 2 aliphatic heterocycles. The monoisotopic (exact) mass is 769 g/mol. The van der Waals surface area contributed by atoms with Crippen molar-refractivity contribution in [2.75, 3.05) is 26.8 Å². The number of benzene rings is 1. The first-order chi connectivity index (χ1) is 24.7. The van der Waals surface area contributed by atoms with E-state index in [0.717, 1.165) is 4.90 Å². The van der Waals surface area contributed by atoms with Gasteiger partial charge >= 0.3 is 18.2 Å². The Kier molecular flexibility index (Phi) is 9.97. The molecule has 2 N–H and O–H groups in total. The summed E-state index contributed by atoms with van der Waals surface area (Å²) in [5.41, 5.74) is -2.32. The third-order valence-corrected chi connectivity index (χ3v) is 11.0. The topological polar surface area (TPSA) is 171 Å². The number of alkyl halides is 5. The van der Waals surface area contributed by atoms with E-state index >= 15 is 0 Å². The highest BCUT2D eigenvalue weighted by atomic mass is 32.2. The third-order valence-electron chi connectivity index (χ3n) is 9.42. The van der Waals surface area contributed by atoms with E-state index in [-0.39, 0.29) is 52.5 Å². The van der Waals surface area contributed by atoms with Crippen molar-refractivity contribution in [2.45, 2.75) is 69.0 Å². The highest BCUT2D eigenvalue weighted by molar-refractivity contribution is 7.90. The standard InChI is InChI=1S/C33H36F5N7O7S/c1-30(2,3)53(50)42-25(22-14-44-24(41-22)11-18(13-40-44)23(15-51-4)43-17-32(34,35)16-39-29(43)49)21(12-31(9-10-31)33(36,37)38)28(48)52-45-26(46)19-7-5-6-8-20(19)27(45)47/h5-8,11,13-14,21,23,25,42H,9-10,12,15-17H2,1-4H3,(H,39,49)/t21-,23-,25-,53?/m0/s1. The van der Waals surface area contributed by atoms with Gasteiger partial charge in [0.25, 0.3) is 17.7 Å². The minimum atomic E-state index is -4.75. The Labute approximate surface area is 302 Å². The van der Waals surface area contributed by atoms with E-state index in [0.29, 0.717) is 0 Å². The van der Waals surface area contributed by atoms with Crippen LogP contribution in [0.4, 0.5) is 26.7 Å².